The minimum atomic E-state index is -1.17. The van der Waals surface area contributed by atoms with Crippen LogP contribution >= 0.6 is 0 Å². The molecule has 0 aliphatic carbocycles. The number of benzene rings is 1. The van der Waals surface area contributed by atoms with Gasteiger partial charge in [0.15, 0.2) is 0 Å². The maximum Gasteiger partial charge on any atom is 0.413 e. The second kappa shape index (κ2) is 7.26. The van der Waals surface area contributed by atoms with Crippen LogP contribution in [0.4, 0.5) is 10.6 Å². The van der Waals surface area contributed by atoms with Crippen LogP contribution in [0.2, 0.25) is 0 Å². The molecule has 23 heavy (non-hydrogen) atoms. The van der Waals surface area contributed by atoms with Crippen molar-refractivity contribution in [3.05, 3.63) is 59.8 Å². The molecular weight excluding hydrogens is 298 g/mol. The first kappa shape index (κ1) is 16.3. The van der Waals surface area contributed by atoms with Crippen LogP contribution in [0.15, 0.2) is 43.0 Å². The minimum Gasteiger partial charge on any atom is -0.477 e. The number of carboxylic acid groups (broad SMARTS) is 1. The number of anilines is 1. The third-order valence-electron chi connectivity index (χ3n) is 3.07. The quantitative estimate of drug-likeness (QED) is 0.799. The highest BCUT2D eigenvalue weighted by molar-refractivity contribution is 5.98. The van der Waals surface area contributed by atoms with E-state index in [9.17, 15) is 14.7 Å². The second-order valence-corrected chi connectivity index (χ2v) is 4.77. The molecule has 0 saturated heterocycles. The molecule has 2 aromatic rings. The fourth-order valence-electron chi connectivity index (χ4n) is 2.10. The summed E-state index contributed by atoms with van der Waals surface area (Å²) in [5.74, 6) is -1.08. The van der Waals surface area contributed by atoms with E-state index in [0.29, 0.717) is 12.2 Å². The Morgan fingerprint density at radius 3 is 2.70 bits per heavy atom. The molecule has 0 atom stereocenters. The average molecular weight is 315 g/mol. The van der Waals surface area contributed by atoms with Gasteiger partial charge >= 0.3 is 12.1 Å². The van der Waals surface area contributed by atoms with Gasteiger partial charge in [-0.15, -0.1) is 0 Å². The van der Waals surface area contributed by atoms with Crippen molar-refractivity contribution in [3.8, 4) is 0 Å². The molecular formula is C16H17N3O4. The Kier molecular flexibility index (Phi) is 5.14. The monoisotopic (exact) mass is 315 g/mol. The van der Waals surface area contributed by atoms with Gasteiger partial charge in [-0.25, -0.2) is 14.3 Å². The number of nitrogens with one attached hydrogen (secondary N) is 1. The van der Waals surface area contributed by atoms with Crippen molar-refractivity contribution in [3.63, 3.8) is 0 Å². The smallest absolute Gasteiger partial charge is 0.413 e. The van der Waals surface area contributed by atoms with Gasteiger partial charge in [-0.2, -0.15) is 5.10 Å². The van der Waals surface area contributed by atoms with Crippen molar-refractivity contribution >= 4 is 17.9 Å². The highest BCUT2D eigenvalue weighted by Crippen LogP contribution is 2.21. The second-order valence-electron chi connectivity index (χ2n) is 4.77. The molecule has 0 aliphatic heterocycles. The molecule has 7 heteroatoms. The lowest BCUT2D eigenvalue weighted by atomic mass is 10.2. The lowest BCUT2D eigenvalue weighted by Gasteiger charge is -2.10. The molecule has 2 rings (SSSR count). The molecule has 1 aromatic heterocycles. The highest BCUT2D eigenvalue weighted by atomic mass is 16.5. The van der Waals surface area contributed by atoms with Gasteiger partial charge in [-0.1, -0.05) is 43.0 Å². The van der Waals surface area contributed by atoms with Gasteiger partial charge in [0.1, 0.15) is 18.0 Å². The van der Waals surface area contributed by atoms with Crippen molar-refractivity contribution in [1.82, 2.24) is 9.78 Å². The van der Waals surface area contributed by atoms with E-state index >= 15 is 0 Å². The Morgan fingerprint density at radius 2 is 2.09 bits per heavy atom. The Labute approximate surface area is 133 Å². The van der Waals surface area contributed by atoms with E-state index in [4.69, 9.17) is 4.74 Å². The Balaban J connectivity index is 2.34. The summed E-state index contributed by atoms with van der Waals surface area (Å²) >= 11 is 0. The van der Waals surface area contributed by atoms with Gasteiger partial charge in [0.25, 0.3) is 0 Å². The number of carbonyl (C=O) groups excluding carboxylic acids is 1. The van der Waals surface area contributed by atoms with E-state index in [1.807, 2.05) is 30.3 Å². The molecule has 1 aromatic carbocycles. The summed E-state index contributed by atoms with van der Waals surface area (Å²) in [6.07, 6.45) is 0.658. The SMILES string of the molecule is C=CCOC(=O)Nc1c(C(=O)O)c(C)nn1Cc1ccccc1. The zero-order valence-corrected chi connectivity index (χ0v) is 12.7. The zero-order chi connectivity index (χ0) is 16.8. The number of aromatic carboxylic acids is 1. The number of rotatable bonds is 6. The molecule has 0 spiro atoms. The highest BCUT2D eigenvalue weighted by Gasteiger charge is 2.23. The van der Waals surface area contributed by atoms with E-state index in [-0.39, 0.29) is 18.0 Å². The van der Waals surface area contributed by atoms with Gasteiger partial charge in [-0.3, -0.25) is 5.32 Å². The first-order valence-corrected chi connectivity index (χ1v) is 6.92. The Bertz CT molecular complexity index is 722. The topological polar surface area (TPSA) is 93.4 Å². The number of aromatic nitrogens is 2. The fraction of sp³-hybridized carbons (Fsp3) is 0.188. The van der Waals surface area contributed by atoms with Crippen molar-refractivity contribution in [2.75, 3.05) is 11.9 Å². The molecule has 1 heterocycles. The first-order chi connectivity index (χ1) is 11.0. The van der Waals surface area contributed by atoms with Crippen molar-refractivity contribution in [2.24, 2.45) is 0 Å². The van der Waals surface area contributed by atoms with Gasteiger partial charge in [0, 0.05) is 0 Å². The van der Waals surface area contributed by atoms with Crippen LogP contribution in [0.25, 0.3) is 0 Å². The van der Waals surface area contributed by atoms with Crippen LogP contribution in [-0.2, 0) is 11.3 Å². The van der Waals surface area contributed by atoms with Crippen LogP contribution in [0.1, 0.15) is 21.6 Å². The predicted octanol–water partition coefficient (Wildman–Crippen LogP) is 2.67. The van der Waals surface area contributed by atoms with Crippen molar-refractivity contribution in [1.29, 1.82) is 0 Å². The van der Waals surface area contributed by atoms with Crippen LogP contribution in [-0.4, -0.2) is 33.6 Å². The molecule has 2 N–H and O–H groups in total. The van der Waals surface area contributed by atoms with Crippen LogP contribution < -0.4 is 5.32 Å². The molecule has 120 valence electrons. The van der Waals surface area contributed by atoms with E-state index in [1.54, 1.807) is 6.92 Å². The molecule has 0 fully saturated rings. The number of hydrogen-bond donors (Lipinski definition) is 2. The zero-order valence-electron chi connectivity index (χ0n) is 12.7. The Hall–Kier alpha value is -3.09. The standard InChI is InChI=1S/C16H17N3O4/c1-3-9-23-16(22)17-14-13(15(20)21)11(2)18-19(14)10-12-7-5-4-6-8-12/h3-8H,1,9-10H2,2H3,(H,17,22)(H,20,21). The van der Waals surface area contributed by atoms with Crippen LogP contribution in [0.5, 0.6) is 0 Å². The van der Waals surface area contributed by atoms with E-state index in [2.05, 4.69) is 17.0 Å². The summed E-state index contributed by atoms with van der Waals surface area (Å²) in [6.45, 7) is 5.37. The average Bonchev–Trinajstić information content (AvgIpc) is 2.81. The van der Waals surface area contributed by atoms with E-state index in [1.165, 1.54) is 10.8 Å². The lowest BCUT2D eigenvalue weighted by molar-refractivity contribution is 0.0697. The van der Waals surface area contributed by atoms with E-state index in [0.717, 1.165) is 5.56 Å². The summed E-state index contributed by atoms with van der Waals surface area (Å²) in [5.41, 5.74) is 1.18. The molecule has 0 saturated carbocycles. The number of aryl methyl sites for hydroxylation is 1. The summed E-state index contributed by atoms with van der Waals surface area (Å²) in [4.78, 5) is 23.2. The normalized spacial score (nSPS) is 10.1. The van der Waals surface area contributed by atoms with Gasteiger partial charge in [0.05, 0.1) is 12.2 Å². The van der Waals surface area contributed by atoms with Gasteiger partial charge in [0.2, 0.25) is 0 Å². The molecule has 0 radical (unpaired) electrons. The largest absolute Gasteiger partial charge is 0.477 e. The van der Waals surface area contributed by atoms with Crippen molar-refractivity contribution < 1.29 is 19.4 Å². The Morgan fingerprint density at radius 1 is 1.39 bits per heavy atom. The summed E-state index contributed by atoms with van der Waals surface area (Å²) in [7, 11) is 0. The van der Waals surface area contributed by atoms with Crippen molar-refractivity contribution in [2.45, 2.75) is 13.5 Å². The van der Waals surface area contributed by atoms with Crippen LogP contribution in [0, 0.1) is 6.92 Å². The van der Waals surface area contributed by atoms with Gasteiger partial charge < -0.3 is 9.84 Å². The summed E-state index contributed by atoms with van der Waals surface area (Å²) in [5, 5.41) is 16.0. The molecule has 0 bridgehead atoms. The minimum absolute atomic E-state index is 0.0278. The molecule has 0 aliphatic rings. The summed E-state index contributed by atoms with van der Waals surface area (Å²) in [6, 6.07) is 9.39. The maximum atomic E-state index is 11.7. The third kappa shape index (κ3) is 3.97. The number of ether oxygens (including phenoxy) is 1. The third-order valence-corrected chi connectivity index (χ3v) is 3.07. The van der Waals surface area contributed by atoms with Crippen LogP contribution in [0.3, 0.4) is 0 Å². The maximum absolute atomic E-state index is 11.7. The number of amides is 1. The number of carbonyl (C=O) groups is 2. The lowest BCUT2D eigenvalue weighted by Crippen LogP contribution is -2.19. The van der Waals surface area contributed by atoms with E-state index < -0.39 is 12.1 Å². The molecule has 7 nitrogen and oxygen atoms in total. The fourth-order valence-corrected chi connectivity index (χ4v) is 2.10. The molecule has 0 unspecified atom stereocenters. The summed E-state index contributed by atoms with van der Waals surface area (Å²) < 4.78 is 6.28. The number of hydrogen-bond acceptors (Lipinski definition) is 4. The first-order valence-electron chi connectivity index (χ1n) is 6.92. The predicted molar refractivity (Wildman–Crippen MR) is 84.6 cm³/mol. The molecule has 1 amide bonds. The number of carboxylic acids is 1. The number of nitrogens with zero attached hydrogens (tertiary/aromatic N) is 2. The van der Waals surface area contributed by atoms with Gasteiger partial charge in [-0.05, 0) is 12.5 Å².